The molecule has 1 atom stereocenters. The van der Waals surface area contributed by atoms with E-state index in [1.165, 1.54) is 0 Å². The highest BCUT2D eigenvalue weighted by Gasteiger charge is 2.46. The highest BCUT2D eigenvalue weighted by molar-refractivity contribution is 5.93. The van der Waals surface area contributed by atoms with Crippen LogP contribution in [0.15, 0.2) is 18.3 Å². The molecule has 2 aromatic rings. The number of carbonyl (C=O) groups is 2. The molecule has 1 aliphatic carbocycles. The van der Waals surface area contributed by atoms with Crippen molar-refractivity contribution in [3.63, 3.8) is 0 Å². The van der Waals surface area contributed by atoms with Gasteiger partial charge in [0.1, 0.15) is 17.3 Å². The van der Waals surface area contributed by atoms with Crippen LogP contribution in [-0.2, 0) is 23.7 Å². The van der Waals surface area contributed by atoms with Gasteiger partial charge < -0.3 is 20.5 Å². The number of amides is 2. The Bertz CT molecular complexity index is 937. The van der Waals surface area contributed by atoms with Crippen molar-refractivity contribution in [1.29, 1.82) is 0 Å². The Morgan fingerprint density at radius 2 is 2.14 bits per heavy atom. The maximum atomic E-state index is 13.1. The fourth-order valence-corrected chi connectivity index (χ4v) is 4.62. The molecule has 2 aliphatic rings. The number of piperidine rings is 1. The van der Waals surface area contributed by atoms with Gasteiger partial charge in [0.2, 0.25) is 5.91 Å². The number of anilines is 1. The van der Waals surface area contributed by atoms with Gasteiger partial charge in [0, 0.05) is 37.3 Å². The topological polar surface area (TPSA) is 106 Å². The van der Waals surface area contributed by atoms with Gasteiger partial charge in [-0.25, -0.2) is 9.97 Å². The molecule has 1 aliphatic heterocycles. The van der Waals surface area contributed by atoms with E-state index >= 15 is 0 Å². The van der Waals surface area contributed by atoms with Gasteiger partial charge in [-0.2, -0.15) is 0 Å². The first-order valence-corrected chi connectivity index (χ1v) is 9.70. The lowest BCUT2D eigenvalue weighted by molar-refractivity contribution is -0.116. The molecular formula is C20H26N6O2. The van der Waals surface area contributed by atoms with Gasteiger partial charge in [0.25, 0.3) is 5.91 Å². The summed E-state index contributed by atoms with van der Waals surface area (Å²) in [4.78, 5) is 35.5. The molecule has 1 unspecified atom stereocenters. The average molecular weight is 382 g/mol. The second-order valence-corrected chi connectivity index (χ2v) is 7.88. The van der Waals surface area contributed by atoms with Crippen molar-refractivity contribution in [3.05, 3.63) is 41.1 Å². The summed E-state index contributed by atoms with van der Waals surface area (Å²) in [6, 6.07) is 3.76. The van der Waals surface area contributed by atoms with Gasteiger partial charge in [-0.05, 0) is 44.7 Å². The molecule has 1 saturated heterocycles. The highest BCUT2D eigenvalue weighted by atomic mass is 16.2. The number of rotatable bonds is 4. The molecule has 2 aromatic heterocycles. The Balaban J connectivity index is 1.64. The van der Waals surface area contributed by atoms with E-state index < -0.39 is 5.91 Å². The number of fused-ring (bicyclic) bond motifs is 2. The monoisotopic (exact) mass is 382 g/mol. The number of likely N-dealkylation sites (tertiary alicyclic amines) is 1. The number of nitrogens with zero attached hydrogens (tertiary/aromatic N) is 4. The minimum Gasteiger partial charge on any atom is -0.368 e. The van der Waals surface area contributed by atoms with Gasteiger partial charge in [-0.15, -0.1) is 0 Å². The molecule has 1 spiro atoms. The van der Waals surface area contributed by atoms with E-state index in [0.717, 1.165) is 43.5 Å². The SMILES string of the molecule is Cc1nc(NCC(N)=O)c2c(n1)C1(CCCN(C(=O)c3cccn3C)C1)CC2. The number of hydrogen-bond donors (Lipinski definition) is 2. The van der Waals surface area contributed by atoms with E-state index in [4.69, 9.17) is 10.7 Å². The fraction of sp³-hybridized carbons (Fsp3) is 0.500. The van der Waals surface area contributed by atoms with Crippen molar-refractivity contribution in [2.75, 3.05) is 25.0 Å². The summed E-state index contributed by atoms with van der Waals surface area (Å²) >= 11 is 0. The van der Waals surface area contributed by atoms with Crippen molar-refractivity contribution in [3.8, 4) is 0 Å². The van der Waals surface area contributed by atoms with Crippen LogP contribution in [0.4, 0.5) is 5.82 Å². The molecule has 3 N–H and O–H groups in total. The standard InChI is InChI=1S/C20H26N6O2/c1-13-23-17-14(18(24-13)22-11-16(21)27)6-8-20(17)7-4-10-26(12-20)19(28)15-5-3-9-25(15)2/h3,5,9H,4,6-8,10-12H2,1-2H3,(H2,21,27)(H,22,23,24). The van der Waals surface area contributed by atoms with E-state index in [-0.39, 0.29) is 17.9 Å². The first-order valence-electron chi connectivity index (χ1n) is 9.70. The zero-order chi connectivity index (χ0) is 19.9. The molecule has 3 heterocycles. The molecule has 28 heavy (non-hydrogen) atoms. The lowest BCUT2D eigenvalue weighted by Crippen LogP contribution is -2.48. The van der Waals surface area contributed by atoms with E-state index in [2.05, 4.69) is 10.3 Å². The number of nitrogens with two attached hydrogens (primary N) is 1. The second-order valence-electron chi connectivity index (χ2n) is 7.88. The average Bonchev–Trinajstić information content (AvgIpc) is 3.24. The van der Waals surface area contributed by atoms with Crippen LogP contribution < -0.4 is 11.1 Å². The van der Waals surface area contributed by atoms with Crippen LogP contribution in [0.25, 0.3) is 0 Å². The first kappa shape index (κ1) is 18.5. The van der Waals surface area contributed by atoms with Gasteiger partial charge in [-0.3, -0.25) is 9.59 Å². The van der Waals surface area contributed by atoms with Crippen molar-refractivity contribution in [2.24, 2.45) is 12.8 Å². The third-order valence-corrected chi connectivity index (χ3v) is 5.93. The van der Waals surface area contributed by atoms with Crippen molar-refractivity contribution in [1.82, 2.24) is 19.4 Å². The Hall–Kier alpha value is -2.90. The number of primary amides is 1. The van der Waals surface area contributed by atoms with Gasteiger partial charge in [-0.1, -0.05) is 0 Å². The molecule has 148 valence electrons. The summed E-state index contributed by atoms with van der Waals surface area (Å²) in [6.07, 6.45) is 5.61. The zero-order valence-corrected chi connectivity index (χ0v) is 16.4. The molecule has 1 fully saturated rings. The van der Waals surface area contributed by atoms with E-state index in [0.29, 0.717) is 23.9 Å². The molecule has 0 aromatic carbocycles. The number of carbonyl (C=O) groups excluding carboxylic acids is 2. The maximum Gasteiger partial charge on any atom is 0.270 e. The maximum absolute atomic E-state index is 13.1. The highest BCUT2D eigenvalue weighted by Crippen LogP contribution is 2.46. The van der Waals surface area contributed by atoms with Crippen molar-refractivity contribution in [2.45, 2.75) is 38.0 Å². The minimum atomic E-state index is -0.422. The van der Waals surface area contributed by atoms with Crippen LogP contribution in [-0.4, -0.2) is 50.9 Å². The van der Waals surface area contributed by atoms with Crippen LogP contribution >= 0.6 is 0 Å². The number of aryl methyl sites for hydroxylation is 2. The van der Waals surface area contributed by atoms with Gasteiger partial charge >= 0.3 is 0 Å². The molecular weight excluding hydrogens is 356 g/mol. The van der Waals surface area contributed by atoms with Crippen LogP contribution in [0.3, 0.4) is 0 Å². The summed E-state index contributed by atoms with van der Waals surface area (Å²) in [5.74, 6) is 1.01. The Morgan fingerprint density at radius 3 is 2.86 bits per heavy atom. The second kappa shape index (κ2) is 6.92. The molecule has 8 heteroatoms. The van der Waals surface area contributed by atoms with E-state index in [9.17, 15) is 9.59 Å². The summed E-state index contributed by atoms with van der Waals surface area (Å²) in [7, 11) is 1.89. The summed E-state index contributed by atoms with van der Waals surface area (Å²) < 4.78 is 1.87. The fourth-order valence-electron chi connectivity index (χ4n) is 4.62. The van der Waals surface area contributed by atoms with Crippen LogP contribution in [0.1, 0.15) is 46.8 Å². The number of hydrogen-bond acceptors (Lipinski definition) is 5. The minimum absolute atomic E-state index is 0.0496. The Morgan fingerprint density at radius 1 is 1.32 bits per heavy atom. The smallest absolute Gasteiger partial charge is 0.270 e. The zero-order valence-electron chi connectivity index (χ0n) is 16.4. The lowest BCUT2D eigenvalue weighted by Gasteiger charge is -2.40. The Kier molecular flexibility index (Phi) is 4.56. The molecule has 4 rings (SSSR count). The predicted octanol–water partition coefficient (Wildman–Crippen LogP) is 1.14. The van der Waals surface area contributed by atoms with E-state index in [1.54, 1.807) is 0 Å². The lowest BCUT2D eigenvalue weighted by atomic mass is 9.77. The van der Waals surface area contributed by atoms with Crippen LogP contribution in [0.5, 0.6) is 0 Å². The number of nitrogens with one attached hydrogen (secondary N) is 1. The summed E-state index contributed by atoms with van der Waals surface area (Å²) in [5.41, 5.74) is 7.92. The third-order valence-electron chi connectivity index (χ3n) is 5.93. The van der Waals surface area contributed by atoms with Crippen LogP contribution in [0, 0.1) is 6.92 Å². The van der Waals surface area contributed by atoms with Gasteiger partial charge in [0.05, 0.1) is 12.2 Å². The molecule has 0 radical (unpaired) electrons. The van der Waals surface area contributed by atoms with E-state index in [1.807, 2.05) is 41.8 Å². The largest absolute Gasteiger partial charge is 0.368 e. The Labute approximate surface area is 164 Å². The molecule has 8 nitrogen and oxygen atoms in total. The third kappa shape index (κ3) is 3.12. The quantitative estimate of drug-likeness (QED) is 0.825. The summed E-state index contributed by atoms with van der Waals surface area (Å²) in [5, 5.41) is 3.06. The van der Waals surface area contributed by atoms with Crippen molar-refractivity contribution >= 4 is 17.6 Å². The number of aromatic nitrogens is 3. The van der Waals surface area contributed by atoms with Gasteiger partial charge in [0.15, 0.2) is 0 Å². The normalized spacial score (nSPS) is 21.0. The van der Waals surface area contributed by atoms with Crippen LogP contribution in [0.2, 0.25) is 0 Å². The molecule has 0 saturated carbocycles. The summed E-state index contributed by atoms with van der Waals surface area (Å²) in [6.45, 7) is 3.33. The molecule has 2 amide bonds. The van der Waals surface area contributed by atoms with Crippen molar-refractivity contribution < 1.29 is 9.59 Å². The first-order chi connectivity index (χ1) is 13.4. The molecule has 0 bridgehead atoms. The predicted molar refractivity (Wildman–Crippen MR) is 105 cm³/mol.